The molecule has 98 valence electrons. The highest BCUT2D eigenvalue weighted by Gasteiger charge is 2.05. The average Bonchev–Trinajstić information content (AvgIpc) is 2.21. The summed E-state index contributed by atoms with van der Waals surface area (Å²) in [5, 5.41) is 0. The molecule has 0 rings (SSSR count). The van der Waals surface area contributed by atoms with E-state index < -0.39 is 6.17 Å². The van der Waals surface area contributed by atoms with Crippen LogP contribution in [-0.2, 0) is 9.47 Å². The van der Waals surface area contributed by atoms with E-state index in [4.69, 9.17) is 32.4 Å². The predicted octanol–water partition coefficient (Wildman–Crippen LogP) is -0.933. The molecule has 0 saturated heterocycles. The molecule has 6 nitrogen and oxygen atoms in total. The standard InChI is InChI=1S/C10H26N4O2/c11-4-3-6-15-5-1-2-7-16-10(14)8-9(12)13/h9-10H,1-8,11-14H2. The molecule has 0 aliphatic carbocycles. The second-order valence-corrected chi connectivity index (χ2v) is 3.77. The van der Waals surface area contributed by atoms with Crippen LogP contribution >= 0.6 is 0 Å². The Morgan fingerprint density at radius 1 is 0.875 bits per heavy atom. The van der Waals surface area contributed by atoms with Crippen LogP contribution in [0, 0.1) is 0 Å². The van der Waals surface area contributed by atoms with Gasteiger partial charge in [0.2, 0.25) is 0 Å². The molecule has 1 atom stereocenters. The topological polar surface area (TPSA) is 123 Å². The third kappa shape index (κ3) is 11.8. The summed E-state index contributed by atoms with van der Waals surface area (Å²) < 4.78 is 10.7. The Hall–Kier alpha value is -0.240. The van der Waals surface area contributed by atoms with Gasteiger partial charge in [-0.2, -0.15) is 0 Å². The smallest absolute Gasteiger partial charge is 0.108 e. The number of unbranched alkanes of at least 4 members (excludes halogenated alkanes) is 1. The monoisotopic (exact) mass is 234 g/mol. The maximum absolute atomic E-state index is 5.63. The number of rotatable bonds is 11. The zero-order valence-electron chi connectivity index (χ0n) is 9.94. The summed E-state index contributed by atoms with van der Waals surface area (Å²) in [5.41, 5.74) is 21.7. The largest absolute Gasteiger partial charge is 0.381 e. The van der Waals surface area contributed by atoms with Gasteiger partial charge in [-0.15, -0.1) is 0 Å². The Kier molecular flexibility index (Phi) is 11.1. The lowest BCUT2D eigenvalue weighted by Crippen LogP contribution is -2.39. The van der Waals surface area contributed by atoms with Crippen molar-refractivity contribution < 1.29 is 9.47 Å². The Bertz CT molecular complexity index is 147. The summed E-state index contributed by atoms with van der Waals surface area (Å²) in [6.07, 6.45) is 2.51. The van der Waals surface area contributed by atoms with Gasteiger partial charge < -0.3 is 32.4 Å². The Morgan fingerprint density at radius 3 is 2.12 bits per heavy atom. The van der Waals surface area contributed by atoms with Gasteiger partial charge in [0, 0.05) is 26.2 Å². The first-order valence-corrected chi connectivity index (χ1v) is 5.83. The molecule has 0 saturated carbocycles. The van der Waals surface area contributed by atoms with Gasteiger partial charge in [-0.05, 0) is 25.8 Å². The molecule has 0 aliphatic rings. The van der Waals surface area contributed by atoms with E-state index in [0.717, 1.165) is 32.5 Å². The van der Waals surface area contributed by atoms with E-state index in [-0.39, 0.29) is 6.23 Å². The Labute approximate surface area is 97.6 Å². The van der Waals surface area contributed by atoms with Crippen molar-refractivity contribution in [1.82, 2.24) is 0 Å². The highest BCUT2D eigenvalue weighted by Crippen LogP contribution is 1.96. The van der Waals surface area contributed by atoms with Crippen LogP contribution in [-0.4, -0.2) is 38.8 Å². The molecule has 0 spiro atoms. The molecule has 0 aromatic heterocycles. The number of hydrogen-bond acceptors (Lipinski definition) is 6. The minimum Gasteiger partial charge on any atom is -0.381 e. The van der Waals surface area contributed by atoms with Crippen molar-refractivity contribution in [3.63, 3.8) is 0 Å². The third-order valence-electron chi connectivity index (χ3n) is 2.01. The molecular formula is C10H26N4O2. The van der Waals surface area contributed by atoms with Crippen LogP contribution in [0.3, 0.4) is 0 Å². The maximum atomic E-state index is 5.63. The first kappa shape index (κ1) is 15.8. The molecule has 16 heavy (non-hydrogen) atoms. The van der Waals surface area contributed by atoms with Gasteiger partial charge in [-0.25, -0.2) is 0 Å². The summed E-state index contributed by atoms with van der Waals surface area (Å²) >= 11 is 0. The van der Waals surface area contributed by atoms with Crippen molar-refractivity contribution in [1.29, 1.82) is 0 Å². The van der Waals surface area contributed by atoms with Crippen molar-refractivity contribution in [2.45, 2.75) is 38.1 Å². The van der Waals surface area contributed by atoms with E-state index >= 15 is 0 Å². The predicted molar refractivity (Wildman–Crippen MR) is 64.4 cm³/mol. The second-order valence-electron chi connectivity index (χ2n) is 3.77. The number of hydrogen-bond donors (Lipinski definition) is 4. The number of nitrogens with two attached hydrogens (primary N) is 4. The fourth-order valence-electron chi connectivity index (χ4n) is 1.16. The van der Waals surface area contributed by atoms with Crippen molar-refractivity contribution in [3.8, 4) is 0 Å². The van der Waals surface area contributed by atoms with Gasteiger partial charge >= 0.3 is 0 Å². The summed E-state index contributed by atoms with van der Waals surface area (Å²) in [4.78, 5) is 0. The normalized spacial score (nSPS) is 13.3. The van der Waals surface area contributed by atoms with Gasteiger partial charge in [0.1, 0.15) is 6.23 Å². The minimum absolute atomic E-state index is 0.363. The highest BCUT2D eigenvalue weighted by molar-refractivity contribution is 4.56. The third-order valence-corrected chi connectivity index (χ3v) is 2.01. The van der Waals surface area contributed by atoms with Gasteiger partial charge in [0.05, 0.1) is 6.17 Å². The van der Waals surface area contributed by atoms with E-state index in [0.29, 0.717) is 19.6 Å². The second kappa shape index (κ2) is 11.3. The zero-order valence-corrected chi connectivity index (χ0v) is 9.94. The highest BCUT2D eigenvalue weighted by atomic mass is 16.5. The average molecular weight is 234 g/mol. The first-order valence-electron chi connectivity index (χ1n) is 5.83. The van der Waals surface area contributed by atoms with Crippen LogP contribution < -0.4 is 22.9 Å². The summed E-state index contributed by atoms with van der Waals surface area (Å²) in [6.45, 7) is 2.78. The first-order chi connectivity index (χ1) is 7.66. The lowest BCUT2D eigenvalue weighted by atomic mass is 10.3. The molecule has 8 N–H and O–H groups in total. The van der Waals surface area contributed by atoms with E-state index in [1.807, 2.05) is 0 Å². The maximum Gasteiger partial charge on any atom is 0.108 e. The van der Waals surface area contributed by atoms with Crippen LogP contribution in [0.4, 0.5) is 0 Å². The SMILES string of the molecule is NCCCOCCCCOC(N)CC(N)N. The fraction of sp³-hybridized carbons (Fsp3) is 1.00. The molecule has 0 bridgehead atoms. The lowest BCUT2D eigenvalue weighted by molar-refractivity contribution is 0.0400. The molecule has 0 heterocycles. The van der Waals surface area contributed by atoms with Gasteiger partial charge in [-0.1, -0.05) is 0 Å². The van der Waals surface area contributed by atoms with Gasteiger partial charge in [-0.3, -0.25) is 0 Å². The van der Waals surface area contributed by atoms with Gasteiger partial charge in [0.15, 0.2) is 0 Å². The van der Waals surface area contributed by atoms with E-state index in [9.17, 15) is 0 Å². The minimum atomic E-state index is -0.408. The molecule has 0 amide bonds. The van der Waals surface area contributed by atoms with E-state index in [1.165, 1.54) is 0 Å². The lowest BCUT2D eigenvalue weighted by Gasteiger charge is -2.14. The summed E-state index contributed by atoms with van der Waals surface area (Å²) in [7, 11) is 0. The Morgan fingerprint density at radius 2 is 1.50 bits per heavy atom. The van der Waals surface area contributed by atoms with E-state index in [2.05, 4.69) is 0 Å². The molecular weight excluding hydrogens is 208 g/mol. The quantitative estimate of drug-likeness (QED) is 0.270. The summed E-state index contributed by atoms with van der Waals surface area (Å²) in [6, 6.07) is 0. The van der Waals surface area contributed by atoms with E-state index in [1.54, 1.807) is 0 Å². The molecule has 6 heteroatoms. The molecule has 0 aromatic rings. The Balaban J connectivity index is 3.08. The van der Waals surface area contributed by atoms with Crippen molar-refractivity contribution in [2.75, 3.05) is 26.4 Å². The van der Waals surface area contributed by atoms with Gasteiger partial charge in [0.25, 0.3) is 0 Å². The van der Waals surface area contributed by atoms with Crippen molar-refractivity contribution in [2.24, 2.45) is 22.9 Å². The van der Waals surface area contributed by atoms with Crippen LogP contribution in [0.1, 0.15) is 25.7 Å². The van der Waals surface area contributed by atoms with Crippen LogP contribution in [0.5, 0.6) is 0 Å². The van der Waals surface area contributed by atoms with Crippen molar-refractivity contribution in [3.05, 3.63) is 0 Å². The van der Waals surface area contributed by atoms with Crippen LogP contribution in [0.2, 0.25) is 0 Å². The molecule has 1 unspecified atom stereocenters. The fourth-order valence-corrected chi connectivity index (χ4v) is 1.16. The van der Waals surface area contributed by atoms with Crippen LogP contribution in [0.15, 0.2) is 0 Å². The van der Waals surface area contributed by atoms with Crippen LogP contribution in [0.25, 0.3) is 0 Å². The molecule has 0 aromatic carbocycles. The molecule has 0 fully saturated rings. The van der Waals surface area contributed by atoms with Crippen molar-refractivity contribution >= 4 is 0 Å². The number of ether oxygens (including phenoxy) is 2. The zero-order chi connectivity index (χ0) is 12.2. The molecule has 0 aliphatic heterocycles. The molecule has 0 radical (unpaired) electrons. The summed E-state index contributed by atoms with van der Waals surface area (Å²) in [5.74, 6) is 0.